The fourth-order valence-corrected chi connectivity index (χ4v) is 3.54. The molecule has 1 saturated carbocycles. The maximum absolute atomic E-state index is 13.8. The van der Waals surface area contributed by atoms with Gasteiger partial charge in [0.05, 0.1) is 12.2 Å². The Hall–Kier alpha value is -3.22. The van der Waals surface area contributed by atoms with Gasteiger partial charge in [0, 0.05) is 18.7 Å². The van der Waals surface area contributed by atoms with Crippen molar-refractivity contribution in [1.82, 2.24) is 14.7 Å². The molecule has 2 aromatic rings. The lowest BCUT2D eigenvalue weighted by Crippen LogP contribution is -2.41. The molecule has 0 bridgehead atoms. The molecule has 1 saturated heterocycles. The second-order valence-electron chi connectivity index (χ2n) is 8.07. The number of hydrogen-bond donors (Lipinski definition) is 0. The van der Waals surface area contributed by atoms with Crippen LogP contribution >= 0.6 is 0 Å². The molecule has 0 unspecified atom stereocenters. The van der Waals surface area contributed by atoms with Gasteiger partial charge in [-0.25, -0.2) is 13.6 Å². The normalized spacial score (nSPS) is 17.8. The van der Waals surface area contributed by atoms with Crippen LogP contribution in [0.25, 0.3) is 0 Å². The number of likely N-dealkylation sites (tertiary alicyclic amines) is 1. The smallest absolute Gasteiger partial charge is 0.410 e. The van der Waals surface area contributed by atoms with Crippen LogP contribution in [-0.4, -0.2) is 39.5 Å². The Morgan fingerprint density at radius 3 is 2.58 bits per heavy atom. The van der Waals surface area contributed by atoms with E-state index in [9.17, 15) is 23.2 Å². The van der Waals surface area contributed by atoms with Crippen LogP contribution in [-0.2, 0) is 11.3 Å². The minimum Gasteiger partial charge on any atom is -0.483 e. The van der Waals surface area contributed by atoms with Gasteiger partial charge in [0.25, 0.3) is 0 Å². The molecule has 2 heterocycles. The number of carbonyl (C=O) groups excluding carboxylic acids is 1. The molecule has 10 heteroatoms. The highest BCUT2D eigenvalue weighted by Gasteiger charge is 2.43. The zero-order valence-corrected chi connectivity index (χ0v) is 16.9. The summed E-state index contributed by atoms with van der Waals surface area (Å²) in [5, 5.41) is 13.8. The summed E-state index contributed by atoms with van der Waals surface area (Å²) in [6, 6.07) is 3.37. The molecule has 31 heavy (non-hydrogen) atoms. The number of ether oxygens (including phenoxy) is 2. The van der Waals surface area contributed by atoms with Crippen molar-refractivity contribution in [2.75, 3.05) is 13.1 Å². The van der Waals surface area contributed by atoms with Crippen molar-refractivity contribution >= 4 is 6.09 Å². The minimum atomic E-state index is -1.43. The van der Waals surface area contributed by atoms with Crippen molar-refractivity contribution < 1.29 is 27.4 Å². The SMILES string of the molecule is CC1(OC(=O)N2CCC(n3ncc(COc4c(F)ccc(F)c4F)c3C#N)CC2)CC1. The van der Waals surface area contributed by atoms with Crippen LogP contribution < -0.4 is 4.74 Å². The van der Waals surface area contributed by atoms with Crippen molar-refractivity contribution in [2.24, 2.45) is 0 Å². The summed E-state index contributed by atoms with van der Waals surface area (Å²) >= 11 is 0. The average Bonchev–Trinajstić information content (AvgIpc) is 3.33. The summed E-state index contributed by atoms with van der Waals surface area (Å²) < 4.78 is 53.0. The van der Waals surface area contributed by atoms with E-state index in [0.717, 1.165) is 18.9 Å². The maximum Gasteiger partial charge on any atom is 0.410 e. The minimum absolute atomic E-state index is 0.119. The van der Waals surface area contributed by atoms with Crippen LogP contribution in [0.15, 0.2) is 18.3 Å². The van der Waals surface area contributed by atoms with E-state index < -0.39 is 23.2 Å². The predicted molar refractivity (Wildman–Crippen MR) is 102 cm³/mol. The lowest BCUT2D eigenvalue weighted by atomic mass is 10.1. The van der Waals surface area contributed by atoms with Crippen LogP contribution in [0.3, 0.4) is 0 Å². The molecular formula is C21H21F3N4O3. The highest BCUT2D eigenvalue weighted by Crippen LogP contribution is 2.39. The number of carbonyl (C=O) groups is 1. The van der Waals surface area contributed by atoms with Gasteiger partial charge < -0.3 is 14.4 Å². The monoisotopic (exact) mass is 434 g/mol. The van der Waals surface area contributed by atoms with Crippen LogP contribution in [0.2, 0.25) is 0 Å². The molecule has 2 fully saturated rings. The van der Waals surface area contributed by atoms with Gasteiger partial charge in [-0.3, -0.25) is 4.68 Å². The van der Waals surface area contributed by atoms with E-state index in [2.05, 4.69) is 5.10 Å². The Kier molecular flexibility index (Phi) is 5.52. The number of nitriles is 1. The maximum atomic E-state index is 13.8. The van der Waals surface area contributed by atoms with Crippen molar-refractivity contribution in [2.45, 2.75) is 50.9 Å². The molecule has 0 radical (unpaired) electrons. The number of nitrogens with zero attached hydrogens (tertiary/aromatic N) is 4. The lowest BCUT2D eigenvalue weighted by molar-refractivity contribution is 0.0489. The number of aromatic nitrogens is 2. The van der Waals surface area contributed by atoms with Crippen molar-refractivity contribution in [1.29, 1.82) is 5.26 Å². The molecule has 0 atom stereocenters. The molecule has 1 amide bonds. The standard InChI is InChI=1S/C21H21F3N4O3/c1-21(6-7-21)31-20(29)27-8-4-14(5-9-27)28-17(10-25)13(11-26-28)12-30-19-16(23)3-2-15(22)18(19)24/h2-3,11,14H,4-9,12H2,1H3. The first-order chi connectivity index (χ1) is 14.8. The van der Waals surface area contributed by atoms with Gasteiger partial charge in [0.2, 0.25) is 5.82 Å². The average molecular weight is 434 g/mol. The summed E-state index contributed by atoms with van der Waals surface area (Å²) in [6.45, 7) is 2.50. The third kappa shape index (κ3) is 4.31. The van der Waals surface area contributed by atoms with Crippen LogP contribution in [0, 0.1) is 28.8 Å². The van der Waals surface area contributed by atoms with E-state index in [1.54, 1.807) is 9.58 Å². The number of amides is 1. The third-order valence-electron chi connectivity index (χ3n) is 5.71. The highest BCUT2D eigenvalue weighted by molar-refractivity contribution is 5.68. The van der Waals surface area contributed by atoms with E-state index in [1.165, 1.54) is 6.20 Å². The summed E-state index contributed by atoms with van der Waals surface area (Å²) in [6.07, 6.45) is 3.98. The van der Waals surface area contributed by atoms with Gasteiger partial charge in [0.1, 0.15) is 24.0 Å². The number of benzene rings is 1. The summed E-state index contributed by atoms with van der Waals surface area (Å²) in [5.74, 6) is -4.53. The van der Waals surface area contributed by atoms with Gasteiger partial charge >= 0.3 is 6.09 Å². The molecular weight excluding hydrogens is 413 g/mol. The van der Waals surface area contributed by atoms with E-state index >= 15 is 0 Å². The highest BCUT2D eigenvalue weighted by atomic mass is 19.2. The zero-order chi connectivity index (χ0) is 22.2. The van der Waals surface area contributed by atoms with Gasteiger partial charge in [-0.1, -0.05) is 0 Å². The Bertz CT molecular complexity index is 1040. The summed E-state index contributed by atoms with van der Waals surface area (Å²) in [4.78, 5) is 13.9. The van der Waals surface area contributed by atoms with Crippen LogP contribution in [0.4, 0.5) is 18.0 Å². The third-order valence-corrected chi connectivity index (χ3v) is 5.71. The van der Waals surface area contributed by atoms with E-state index in [4.69, 9.17) is 9.47 Å². The number of piperidine rings is 1. The van der Waals surface area contributed by atoms with E-state index in [0.29, 0.717) is 37.6 Å². The van der Waals surface area contributed by atoms with Gasteiger partial charge in [-0.05, 0) is 44.7 Å². The molecule has 1 aliphatic carbocycles. The lowest BCUT2D eigenvalue weighted by Gasteiger charge is -2.32. The van der Waals surface area contributed by atoms with Gasteiger partial charge in [0.15, 0.2) is 17.4 Å². The van der Waals surface area contributed by atoms with Crippen LogP contribution in [0.5, 0.6) is 5.75 Å². The molecule has 1 aromatic heterocycles. The summed E-state index contributed by atoms with van der Waals surface area (Å²) in [5.41, 5.74) is 0.192. The van der Waals surface area contributed by atoms with Crippen LogP contribution in [0.1, 0.15) is 49.9 Å². The first kappa shape index (κ1) is 21.0. The van der Waals surface area contributed by atoms with E-state index in [1.807, 2.05) is 13.0 Å². The molecule has 1 aromatic carbocycles. The Morgan fingerprint density at radius 1 is 1.26 bits per heavy atom. The molecule has 1 aliphatic heterocycles. The molecule has 0 N–H and O–H groups in total. The number of hydrogen-bond acceptors (Lipinski definition) is 5. The zero-order valence-electron chi connectivity index (χ0n) is 16.9. The topological polar surface area (TPSA) is 80.4 Å². The van der Waals surface area contributed by atoms with Gasteiger partial charge in [-0.15, -0.1) is 0 Å². The largest absolute Gasteiger partial charge is 0.483 e. The Labute approximate surface area is 177 Å². The molecule has 7 nitrogen and oxygen atoms in total. The first-order valence-electron chi connectivity index (χ1n) is 10.0. The number of rotatable bonds is 5. The second kappa shape index (κ2) is 8.13. The van der Waals surface area contributed by atoms with E-state index in [-0.39, 0.29) is 30.0 Å². The van der Waals surface area contributed by atoms with Crippen molar-refractivity contribution in [3.63, 3.8) is 0 Å². The Morgan fingerprint density at radius 2 is 1.94 bits per heavy atom. The summed E-state index contributed by atoms with van der Waals surface area (Å²) in [7, 11) is 0. The Balaban J connectivity index is 1.40. The fraction of sp³-hybridized carbons (Fsp3) is 0.476. The van der Waals surface area contributed by atoms with Crippen molar-refractivity contribution in [3.05, 3.63) is 47.0 Å². The molecule has 164 valence electrons. The number of halogens is 3. The second-order valence-corrected chi connectivity index (χ2v) is 8.07. The molecule has 0 spiro atoms. The molecule has 4 rings (SSSR count). The molecule has 2 aliphatic rings. The quantitative estimate of drug-likeness (QED) is 0.663. The first-order valence-corrected chi connectivity index (χ1v) is 10.0. The van der Waals surface area contributed by atoms with Gasteiger partial charge in [-0.2, -0.15) is 14.8 Å². The fourth-order valence-electron chi connectivity index (χ4n) is 3.54. The van der Waals surface area contributed by atoms with Crippen molar-refractivity contribution in [3.8, 4) is 11.8 Å². The predicted octanol–water partition coefficient (Wildman–Crippen LogP) is 4.08.